The Balaban J connectivity index is 1.83. The molecule has 0 N–H and O–H groups in total. The van der Waals surface area contributed by atoms with Gasteiger partial charge in [-0.25, -0.2) is 4.79 Å². The highest BCUT2D eigenvalue weighted by molar-refractivity contribution is 6.42. The summed E-state index contributed by atoms with van der Waals surface area (Å²) in [4.78, 5) is 26.9. The molecule has 3 aromatic rings. The molecule has 0 saturated carbocycles. The summed E-state index contributed by atoms with van der Waals surface area (Å²) in [5.41, 5.74) is 2.29. The van der Waals surface area contributed by atoms with E-state index in [0.717, 1.165) is 16.6 Å². The Bertz CT molecular complexity index is 1020. The van der Waals surface area contributed by atoms with Gasteiger partial charge in [0, 0.05) is 20.1 Å². The Kier molecular flexibility index (Phi) is 5.39. The van der Waals surface area contributed by atoms with Crippen molar-refractivity contribution >= 4 is 40.1 Å². The molecule has 0 fully saturated rings. The van der Waals surface area contributed by atoms with Crippen LogP contribution in [0.3, 0.4) is 0 Å². The minimum atomic E-state index is -0.176. The second kappa shape index (κ2) is 7.56. The standard InChI is InChI=1S/C19H19Cl2N3O2/c1-3-23-16-6-4-5-7-17(16)24(19(23)26)12-18(25)22(2)11-13-8-9-14(20)15(21)10-13/h4-10H,3,11-12H2,1-2H3. The lowest BCUT2D eigenvalue weighted by atomic mass is 10.2. The lowest BCUT2D eigenvalue weighted by Crippen LogP contribution is -2.34. The summed E-state index contributed by atoms with van der Waals surface area (Å²) in [7, 11) is 1.70. The van der Waals surface area contributed by atoms with Crippen molar-refractivity contribution in [1.82, 2.24) is 14.0 Å². The number of halogens is 2. The van der Waals surface area contributed by atoms with E-state index in [4.69, 9.17) is 23.2 Å². The summed E-state index contributed by atoms with van der Waals surface area (Å²) in [5.74, 6) is -0.155. The zero-order chi connectivity index (χ0) is 18.8. The predicted molar refractivity (Wildman–Crippen MR) is 105 cm³/mol. The van der Waals surface area contributed by atoms with Crippen LogP contribution in [0.2, 0.25) is 10.0 Å². The molecule has 3 rings (SSSR count). The second-order valence-electron chi connectivity index (χ2n) is 6.10. The van der Waals surface area contributed by atoms with Crippen molar-refractivity contribution in [2.45, 2.75) is 26.6 Å². The van der Waals surface area contributed by atoms with Crippen LogP contribution in [0.25, 0.3) is 11.0 Å². The van der Waals surface area contributed by atoms with Crippen molar-refractivity contribution in [3.63, 3.8) is 0 Å². The molecule has 5 nitrogen and oxygen atoms in total. The van der Waals surface area contributed by atoms with Crippen molar-refractivity contribution in [2.24, 2.45) is 0 Å². The van der Waals surface area contributed by atoms with Gasteiger partial charge < -0.3 is 4.90 Å². The number of nitrogens with zero attached hydrogens (tertiary/aromatic N) is 3. The lowest BCUT2D eigenvalue weighted by molar-refractivity contribution is -0.131. The van der Waals surface area contributed by atoms with Gasteiger partial charge in [-0.3, -0.25) is 13.9 Å². The minimum Gasteiger partial charge on any atom is -0.340 e. The van der Waals surface area contributed by atoms with Gasteiger partial charge in [0.2, 0.25) is 5.91 Å². The van der Waals surface area contributed by atoms with Gasteiger partial charge in [-0.05, 0) is 36.8 Å². The third-order valence-electron chi connectivity index (χ3n) is 4.36. The van der Waals surface area contributed by atoms with Crippen LogP contribution in [-0.2, 0) is 24.4 Å². The smallest absolute Gasteiger partial charge is 0.329 e. The summed E-state index contributed by atoms with van der Waals surface area (Å²) < 4.78 is 3.19. The van der Waals surface area contributed by atoms with Crippen LogP contribution in [0, 0.1) is 0 Å². The van der Waals surface area contributed by atoms with Crippen molar-refractivity contribution in [2.75, 3.05) is 7.05 Å². The van der Waals surface area contributed by atoms with E-state index >= 15 is 0 Å². The first kappa shape index (κ1) is 18.5. The predicted octanol–water partition coefficient (Wildman–Crippen LogP) is 3.79. The molecule has 1 amide bonds. The van der Waals surface area contributed by atoms with E-state index in [0.29, 0.717) is 23.1 Å². The number of likely N-dealkylation sites (N-methyl/N-ethyl adjacent to an activating group) is 1. The lowest BCUT2D eigenvalue weighted by Gasteiger charge is -2.18. The Hall–Kier alpha value is -2.24. The molecule has 136 valence electrons. The topological polar surface area (TPSA) is 47.2 Å². The molecule has 0 aliphatic heterocycles. The molecule has 0 aliphatic carbocycles. The number of carbonyl (C=O) groups is 1. The number of rotatable bonds is 5. The van der Waals surface area contributed by atoms with E-state index in [2.05, 4.69) is 0 Å². The van der Waals surface area contributed by atoms with Crippen molar-refractivity contribution < 1.29 is 4.79 Å². The van der Waals surface area contributed by atoms with Gasteiger partial charge in [-0.1, -0.05) is 41.4 Å². The third-order valence-corrected chi connectivity index (χ3v) is 5.10. The summed E-state index contributed by atoms with van der Waals surface area (Å²) in [6, 6.07) is 12.8. The molecule has 26 heavy (non-hydrogen) atoms. The maximum absolute atomic E-state index is 12.7. The molecule has 0 bridgehead atoms. The quantitative estimate of drug-likeness (QED) is 0.664. The van der Waals surface area contributed by atoms with Gasteiger partial charge in [-0.2, -0.15) is 0 Å². The normalized spacial score (nSPS) is 11.1. The summed E-state index contributed by atoms with van der Waals surface area (Å²) in [6.07, 6.45) is 0. The fourth-order valence-electron chi connectivity index (χ4n) is 2.99. The molecule has 0 spiro atoms. The fourth-order valence-corrected chi connectivity index (χ4v) is 3.31. The molecule has 0 unspecified atom stereocenters. The first-order chi connectivity index (χ1) is 12.4. The minimum absolute atomic E-state index is 0.00975. The zero-order valence-corrected chi connectivity index (χ0v) is 16.1. The van der Waals surface area contributed by atoms with Crippen LogP contribution in [0.4, 0.5) is 0 Å². The van der Waals surface area contributed by atoms with Gasteiger partial charge in [0.05, 0.1) is 21.1 Å². The number of aryl methyl sites for hydroxylation is 1. The van der Waals surface area contributed by atoms with E-state index in [1.807, 2.05) is 37.3 Å². The molecule has 0 atom stereocenters. The number of fused-ring (bicyclic) bond motifs is 1. The van der Waals surface area contributed by atoms with Crippen LogP contribution in [0.5, 0.6) is 0 Å². The summed E-state index contributed by atoms with van der Waals surface area (Å²) in [6.45, 7) is 2.84. The first-order valence-electron chi connectivity index (χ1n) is 8.28. The number of hydrogen-bond acceptors (Lipinski definition) is 2. The Labute approximate surface area is 161 Å². The summed E-state index contributed by atoms with van der Waals surface area (Å²) in [5, 5.41) is 0.926. The van der Waals surface area contributed by atoms with Gasteiger partial charge >= 0.3 is 5.69 Å². The molecule has 7 heteroatoms. The van der Waals surface area contributed by atoms with Crippen molar-refractivity contribution in [1.29, 1.82) is 0 Å². The second-order valence-corrected chi connectivity index (χ2v) is 6.91. The van der Waals surface area contributed by atoms with E-state index < -0.39 is 0 Å². The van der Waals surface area contributed by atoms with Gasteiger partial charge in [0.1, 0.15) is 6.54 Å². The molecule has 1 aromatic heterocycles. The molecule has 1 heterocycles. The number of benzene rings is 2. The SMILES string of the molecule is CCn1c(=O)n(CC(=O)N(C)Cc2ccc(Cl)c(Cl)c2)c2ccccc21. The number of aromatic nitrogens is 2. The molecular weight excluding hydrogens is 373 g/mol. The highest BCUT2D eigenvalue weighted by atomic mass is 35.5. The average Bonchev–Trinajstić information content (AvgIpc) is 2.89. The highest BCUT2D eigenvalue weighted by Crippen LogP contribution is 2.23. The van der Waals surface area contributed by atoms with Crippen LogP contribution in [0.15, 0.2) is 47.3 Å². The Morgan fingerprint density at radius 1 is 1.04 bits per heavy atom. The molecule has 0 aliphatic rings. The van der Waals surface area contributed by atoms with E-state index in [1.54, 1.807) is 28.6 Å². The van der Waals surface area contributed by atoms with Gasteiger partial charge in [-0.15, -0.1) is 0 Å². The van der Waals surface area contributed by atoms with Gasteiger partial charge in [0.15, 0.2) is 0 Å². The molecular formula is C19H19Cl2N3O2. The first-order valence-corrected chi connectivity index (χ1v) is 9.04. The van der Waals surface area contributed by atoms with E-state index in [-0.39, 0.29) is 18.1 Å². The van der Waals surface area contributed by atoms with Crippen molar-refractivity contribution in [3.05, 3.63) is 68.6 Å². The Morgan fingerprint density at radius 3 is 2.31 bits per heavy atom. The number of para-hydroxylation sites is 2. The largest absolute Gasteiger partial charge is 0.340 e. The number of imidazole rings is 1. The van der Waals surface area contributed by atoms with Crippen LogP contribution >= 0.6 is 23.2 Å². The number of carbonyl (C=O) groups excluding carboxylic acids is 1. The van der Waals surface area contributed by atoms with Crippen LogP contribution in [-0.4, -0.2) is 27.0 Å². The highest BCUT2D eigenvalue weighted by Gasteiger charge is 2.17. The third kappa shape index (κ3) is 3.50. The average molecular weight is 392 g/mol. The van der Waals surface area contributed by atoms with Crippen LogP contribution < -0.4 is 5.69 Å². The fraction of sp³-hybridized carbons (Fsp3) is 0.263. The monoisotopic (exact) mass is 391 g/mol. The maximum Gasteiger partial charge on any atom is 0.329 e. The zero-order valence-electron chi connectivity index (χ0n) is 14.6. The molecule has 2 aromatic carbocycles. The van der Waals surface area contributed by atoms with E-state index in [9.17, 15) is 9.59 Å². The summed E-state index contributed by atoms with van der Waals surface area (Å²) >= 11 is 12.0. The number of hydrogen-bond donors (Lipinski definition) is 0. The number of amides is 1. The van der Waals surface area contributed by atoms with Gasteiger partial charge in [0.25, 0.3) is 0 Å². The van der Waals surface area contributed by atoms with Crippen molar-refractivity contribution in [3.8, 4) is 0 Å². The molecule has 0 saturated heterocycles. The Morgan fingerprint density at radius 2 is 1.69 bits per heavy atom. The van der Waals surface area contributed by atoms with Crippen LogP contribution in [0.1, 0.15) is 12.5 Å². The maximum atomic E-state index is 12.7. The van der Waals surface area contributed by atoms with E-state index in [1.165, 1.54) is 4.57 Å². The molecule has 0 radical (unpaired) electrons.